The van der Waals surface area contributed by atoms with Gasteiger partial charge in [-0.25, -0.2) is 4.39 Å². The first-order chi connectivity index (χ1) is 8.13. The van der Waals surface area contributed by atoms with Crippen LogP contribution in [0.5, 0.6) is 0 Å². The van der Waals surface area contributed by atoms with Gasteiger partial charge >= 0.3 is 0 Å². The Morgan fingerprint density at radius 1 is 1.35 bits per heavy atom. The number of nitrogens with zero attached hydrogens (tertiary/aromatic N) is 2. The zero-order valence-electron chi connectivity index (χ0n) is 10.1. The van der Waals surface area contributed by atoms with Gasteiger partial charge in [0.2, 0.25) is 0 Å². The van der Waals surface area contributed by atoms with Crippen LogP contribution in [0.15, 0.2) is 35.5 Å². The van der Waals surface area contributed by atoms with E-state index in [1.54, 1.807) is 17.8 Å². The van der Waals surface area contributed by atoms with E-state index in [1.807, 2.05) is 43.3 Å². The second-order valence-corrected chi connectivity index (χ2v) is 4.85. The zero-order chi connectivity index (χ0) is 12.4. The van der Waals surface area contributed by atoms with Crippen molar-refractivity contribution < 1.29 is 4.39 Å². The lowest BCUT2D eigenvalue weighted by molar-refractivity contribution is 0.621. The summed E-state index contributed by atoms with van der Waals surface area (Å²) in [6.07, 6.45) is 5.78. The van der Waals surface area contributed by atoms with E-state index >= 15 is 0 Å². The van der Waals surface area contributed by atoms with Crippen LogP contribution >= 0.6 is 11.8 Å². The van der Waals surface area contributed by atoms with Crippen LogP contribution < -0.4 is 4.90 Å². The van der Waals surface area contributed by atoms with Crippen molar-refractivity contribution in [2.75, 3.05) is 11.2 Å². The highest BCUT2D eigenvalue weighted by molar-refractivity contribution is 7.99. The maximum Gasteiger partial charge on any atom is 0.172 e. The minimum absolute atomic E-state index is 0.0874. The maximum absolute atomic E-state index is 13.9. The van der Waals surface area contributed by atoms with Gasteiger partial charge in [0.15, 0.2) is 5.50 Å². The summed E-state index contributed by atoms with van der Waals surface area (Å²) in [5.41, 5.74) is 2.41. The zero-order valence-corrected chi connectivity index (χ0v) is 11.0. The molecule has 0 spiro atoms. The minimum atomic E-state index is -0.205. The van der Waals surface area contributed by atoms with Gasteiger partial charge in [0.05, 0.1) is 5.69 Å². The lowest BCUT2D eigenvalue weighted by Gasteiger charge is -2.30. The molecule has 0 radical (unpaired) electrons. The van der Waals surface area contributed by atoms with Crippen molar-refractivity contribution in [3.63, 3.8) is 0 Å². The molecule has 0 fully saturated rings. The third-order valence-corrected chi connectivity index (χ3v) is 3.44. The summed E-state index contributed by atoms with van der Waals surface area (Å²) < 4.78 is 13.9. The molecule has 0 saturated heterocycles. The average molecular weight is 250 g/mol. The van der Waals surface area contributed by atoms with Crippen molar-refractivity contribution in [1.29, 1.82) is 0 Å². The molecule has 0 bridgehead atoms. The molecule has 2 rings (SSSR count). The summed E-state index contributed by atoms with van der Waals surface area (Å²) in [5, 5.41) is 0. The van der Waals surface area contributed by atoms with Crippen LogP contribution in [0.1, 0.15) is 12.5 Å². The Morgan fingerprint density at radius 2 is 2.12 bits per heavy atom. The molecule has 1 aromatic carbocycles. The highest BCUT2D eigenvalue weighted by atomic mass is 32.2. The van der Waals surface area contributed by atoms with E-state index in [1.165, 1.54) is 6.07 Å². The molecule has 1 aliphatic heterocycles. The van der Waals surface area contributed by atoms with Crippen LogP contribution in [-0.2, 0) is 0 Å². The van der Waals surface area contributed by atoms with Crippen molar-refractivity contribution in [2.45, 2.75) is 19.3 Å². The van der Waals surface area contributed by atoms with Gasteiger partial charge in [-0.1, -0.05) is 12.1 Å². The molecule has 1 heterocycles. The van der Waals surface area contributed by atoms with Crippen molar-refractivity contribution in [2.24, 2.45) is 4.99 Å². The van der Waals surface area contributed by atoms with Gasteiger partial charge in [0.1, 0.15) is 5.82 Å². The number of thioether (sulfide) groups is 1. The highest BCUT2D eigenvalue weighted by Crippen LogP contribution is 2.31. The van der Waals surface area contributed by atoms with E-state index in [2.05, 4.69) is 4.99 Å². The van der Waals surface area contributed by atoms with Crippen molar-refractivity contribution in [3.8, 4) is 0 Å². The molecule has 0 amide bonds. The number of benzene rings is 1. The largest absolute Gasteiger partial charge is 0.314 e. The molecule has 17 heavy (non-hydrogen) atoms. The second-order valence-electron chi connectivity index (χ2n) is 3.96. The van der Waals surface area contributed by atoms with E-state index in [-0.39, 0.29) is 11.3 Å². The standard InChI is InChI=1S/C13H15FN2S/c1-9-5-4-6-11(14)12(9)16-8-7-10(2)15-13(16)17-3/h4-8,13H,1-3H3. The van der Waals surface area contributed by atoms with Crippen LogP contribution in [0.3, 0.4) is 0 Å². The molecule has 0 aromatic heterocycles. The summed E-state index contributed by atoms with van der Waals surface area (Å²) in [6, 6.07) is 5.12. The van der Waals surface area contributed by atoms with E-state index in [9.17, 15) is 4.39 Å². The van der Waals surface area contributed by atoms with Gasteiger partial charge in [-0.2, -0.15) is 0 Å². The molecule has 90 valence electrons. The monoisotopic (exact) mass is 250 g/mol. The molecule has 0 saturated carbocycles. The summed E-state index contributed by atoms with van der Waals surface area (Å²) in [5.74, 6) is -0.205. The number of hydrogen-bond acceptors (Lipinski definition) is 3. The first-order valence-corrected chi connectivity index (χ1v) is 6.71. The van der Waals surface area contributed by atoms with Crippen LogP contribution in [-0.4, -0.2) is 17.5 Å². The molecular weight excluding hydrogens is 235 g/mol. The molecule has 4 heteroatoms. The van der Waals surface area contributed by atoms with Gasteiger partial charge < -0.3 is 4.90 Å². The molecule has 0 N–H and O–H groups in total. The number of allylic oxidation sites excluding steroid dienone is 1. The Labute approximate surface area is 105 Å². The molecule has 2 nitrogen and oxygen atoms in total. The van der Waals surface area contributed by atoms with E-state index in [4.69, 9.17) is 0 Å². The Kier molecular flexibility index (Phi) is 3.52. The average Bonchev–Trinajstić information content (AvgIpc) is 2.30. The molecular formula is C13H15FN2S. The van der Waals surface area contributed by atoms with Crippen LogP contribution in [0.4, 0.5) is 10.1 Å². The van der Waals surface area contributed by atoms with Crippen LogP contribution in [0.25, 0.3) is 0 Å². The number of anilines is 1. The van der Waals surface area contributed by atoms with E-state index in [0.29, 0.717) is 5.69 Å². The predicted molar refractivity (Wildman–Crippen MR) is 73.2 cm³/mol. The molecule has 1 aromatic rings. The van der Waals surface area contributed by atoms with Crippen molar-refractivity contribution in [3.05, 3.63) is 41.9 Å². The predicted octanol–water partition coefficient (Wildman–Crippen LogP) is 3.58. The SMILES string of the molecule is CSC1N=C(C)C=CN1c1c(C)cccc1F. The number of aryl methyl sites for hydroxylation is 1. The Balaban J connectivity index is 2.44. The second kappa shape index (κ2) is 4.92. The Bertz CT molecular complexity index is 462. The molecule has 1 aliphatic rings. The smallest absolute Gasteiger partial charge is 0.172 e. The Hall–Kier alpha value is -1.29. The first kappa shape index (κ1) is 12.2. The summed E-state index contributed by atoms with van der Waals surface area (Å²) >= 11 is 1.59. The fourth-order valence-electron chi connectivity index (χ4n) is 1.84. The Morgan fingerprint density at radius 3 is 2.76 bits per heavy atom. The van der Waals surface area contributed by atoms with Crippen molar-refractivity contribution in [1.82, 2.24) is 0 Å². The van der Waals surface area contributed by atoms with E-state index < -0.39 is 0 Å². The fraction of sp³-hybridized carbons (Fsp3) is 0.308. The van der Waals surface area contributed by atoms with Gasteiger partial charge in [-0.15, -0.1) is 11.8 Å². The van der Waals surface area contributed by atoms with Gasteiger partial charge in [0, 0.05) is 11.9 Å². The topological polar surface area (TPSA) is 15.6 Å². The normalized spacial score (nSPS) is 19.4. The van der Waals surface area contributed by atoms with Gasteiger partial charge in [-0.05, 0) is 37.8 Å². The highest BCUT2D eigenvalue weighted by Gasteiger charge is 2.22. The van der Waals surface area contributed by atoms with Gasteiger partial charge in [0.25, 0.3) is 0 Å². The fourth-order valence-corrected chi connectivity index (χ4v) is 2.52. The number of aliphatic imine (C=N–C) groups is 1. The van der Waals surface area contributed by atoms with E-state index in [0.717, 1.165) is 11.3 Å². The molecule has 1 atom stereocenters. The lowest BCUT2D eigenvalue weighted by atomic mass is 10.1. The maximum atomic E-state index is 13.9. The number of hydrogen-bond donors (Lipinski definition) is 0. The van der Waals surface area contributed by atoms with Gasteiger partial charge in [-0.3, -0.25) is 4.99 Å². The molecule has 1 unspecified atom stereocenters. The quantitative estimate of drug-likeness (QED) is 0.797. The minimum Gasteiger partial charge on any atom is -0.314 e. The lowest BCUT2D eigenvalue weighted by Crippen LogP contribution is -2.30. The third-order valence-electron chi connectivity index (χ3n) is 2.69. The number of para-hydroxylation sites is 1. The van der Waals surface area contributed by atoms with Crippen LogP contribution in [0.2, 0.25) is 0 Å². The third kappa shape index (κ3) is 2.36. The summed E-state index contributed by atoms with van der Waals surface area (Å²) in [6.45, 7) is 3.86. The first-order valence-electron chi connectivity index (χ1n) is 5.42. The summed E-state index contributed by atoms with van der Waals surface area (Å²) in [4.78, 5) is 6.37. The number of halogens is 1. The van der Waals surface area contributed by atoms with Crippen LogP contribution in [0, 0.1) is 12.7 Å². The number of rotatable bonds is 2. The molecule has 0 aliphatic carbocycles. The summed E-state index contributed by atoms with van der Waals surface area (Å²) in [7, 11) is 0. The van der Waals surface area contributed by atoms with Crippen molar-refractivity contribution >= 4 is 23.2 Å².